The Labute approximate surface area is 225 Å². The number of imidazole rings is 1. The zero-order chi connectivity index (χ0) is 27.1. The molecule has 39 heavy (non-hydrogen) atoms. The van der Waals surface area contributed by atoms with Crippen LogP contribution in [0.25, 0.3) is 16.9 Å². The van der Waals surface area contributed by atoms with E-state index in [4.69, 9.17) is 9.97 Å². The van der Waals surface area contributed by atoms with Crippen molar-refractivity contribution in [1.29, 1.82) is 0 Å². The molecule has 0 aliphatic carbocycles. The highest BCUT2D eigenvalue weighted by Gasteiger charge is 2.33. The van der Waals surface area contributed by atoms with Crippen LogP contribution in [0.2, 0.25) is 0 Å². The summed E-state index contributed by atoms with van der Waals surface area (Å²) in [5.41, 5.74) is 3.67. The maximum absolute atomic E-state index is 13.8. The van der Waals surface area contributed by atoms with E-state index in [9.17, 15) is 8.78 Å². The molecule has 0 amide bonds. The van der Waals surface area contributed by atoms with Gasteiger partial charge in [-0.3, -0.25) is 4.90 Å². The molecule has 0 N–H and O–H groups in total. The molecule has 3 aromatic heterocycles. The van der Waals surface area contributed by atoms with E-state index in [-0.39, 0.29) is 23.7 Å². The third kappa shape index (κ3) is 4.83. The van der Waals surface area contributed by atoms with Crippen LogP contribution in [0.1, 0.15) is 24.1 Å². The van der Waals surface area contributed by atoms with Gasteiger partial charge < -0.3 is 14.4 Å². The lowest BCUT2D eigenvalue weighted by Gasteiger charge is -2.44. The SMILES string of the molecule is C[C@H]1CN(C(c2ccc(F)cc2)c2ccc(F)cc2)CCN1c1nc2nncn2c2c1ncn2CCN(C)C. The summed E-state index contributed by atoms with van der Waals surface area (Å²) in [5, 5.41) is 8.36. The fraction of sp³-hybridized carbons (Fsp3) is 0.357. The second-order valence-electron chi connectivity index (χ2n) is 10.4. The molecule has 6 rings (SSSR count). The summed E-state index contributed by atoms with van der Waals surface area (Å²) in [6, 6.07) is 13.1. The van der Waals surface area contributed by atoms with Crippen molar-refractivity contribution in [3.8, 4) is 0 Å². The summed E-state index contributed by atoms with van der Waals surface area (Å²) in [6.45, 7) is 5.98. The van der Waals surface area contributed by atoms with Gasteiger partial charge in [0.25, 0.3) is 5.78 Å². The number of halogens is 2. The number of fused-ring (bicyclic) bond motifs is 3. The Balaban J connectivity index is 1.33. The molecular weight excluding hydrogens is 500 g/mol. The number of aromatic nitrogens is 6. The van der Waals surface area contributed by atoms with Crippen LogP contribution >= 0.6 is 0 Å². The monoisotopic (exact) mass is 531 g/mol. The first-order valence-corrected chi connectivity index (χ1v) is 13.1. The van der Waals surface area contributed by atoms with Crippen LogP contribution in [0.4, 0.5) is 14.6 Å². The number of nitrogens with zero attached hydrogens (tertiary/aromatic N) is 9. The topological polar surface area (TPSA) is 70.6 Å². The number of piperazine rings is 1. The molecule has 4 heterocycles. The summed E-state index contributed by atoms with van der Waals surface area (Å²) in [4.78, 5) is 16.4. The number of likely N-dealkylation sites (N-methyl/N-ethyl adjacent to an activating group) is 1. The van der Waals surface area contributed by atoms with Crippen molar-refractivity contribution in [2.45, 2.75) is 25.6 Å². The van der Waals surface area contributed by atoms with Gasteiger partial charge in [-0.15, -0.1) is 10.2 Å². The Kier molecular flexibility index (Phi) is 6.69. The normalized spacial score (nSPS) is 16.8. The predicted molar refractivity (Wildman–Crippen MR) is 146 cm³/mol. The van der Waals surface area contributed by atoms with Gasteiger partial charge in [0, 0.05) is 38.8 Å². The van der Waals surface area contributed by atoms with Crippen molar-refractivity contribution >= 4 is 22.8 Å². The Morgan fingerprint density at radius 1 is 0.949 bits per heavy atom. The number of rotatable bonds is 7. The minimum Gasteiger partial charge on any atom is -0.349 e. The average Bonchev–Trinajstić information content (AvgIpc) is 3.56. The number of hydrogen-bond acceptors (Lipinski definition) is 7. The third-order valence-electron chi connectivity index (χ3n) is 7.44. The van der Waals surface area contributed by atoms with E-state index in [0.29, 0.717) is 12.3 Å². The smallest absolute Gasteiger partial charge is 0.258 e. The van der Waals surface area contributed by atoms with E-state index in [1.54, 1.807) is 6.33 Å². The minimum atomic E-state index is -0.279. The van der Waals surface area contributed by atoms with Crippen molar-refractivity contribution in [1.82, 2.24) is 38.9 Å². The molecule has 5 aromatic rings. The van der Waals surface area contributed by atoms with Gasteiger partial charge in [0.05, 0.1) is 12.4 Å². The first-order chi connectivity index (χ1) is 18.9. The van der Waals surface area contributed by atoms with E-state index < -0.39 is 0 Å². The fourth-order valence-electron chi connectivity index (χ4n) is 5.50. The summed E-state index contributed by atoms with van der Waals surface area (Å²) in [6.07, 6.45) is 3.54. The Morgan fingerprint density at radius 3 is 2.23 bits per heavy atom. The molecule has 202 valence electrons. The maximum atomic E-state index is 13.8. The third-order valence-corrected chi connectivity index (χ3v) is 7.44. The zero-order valence-corrected chi connectivity index (χ0v) is 22.2. The maximum Gasteiger partial charge on any atom is 0.258 e. The van der Waals surface area contributed by atoms with Crippen LogP contribution < -0.4 is 4.90 Å². The van der Waals surface area contributed by atoms with Gasteiger partial charge in [-0.2, -0.15) is 4.98 Å². The molecule has 1 saturated heterocycles. The van der Waals surface area contributed by atoms with Gasteiger partial charge >= 0.3 is 0 Å². The van der Waals surface area contributed by atoms with Crippen molar-refractivity contribution in [2.75, 3.05) is 45.2 Å². The quantitative estimate of drug-likeness (QED) is 0.318. The van der Waals surface area contributed by atoms with E-state index in [1.165, 1.54) is 24.3 Å². The molecule has 0 saturated carbocycles. The number of hydrogen-bond donors (Lipinski definition) is 0. The molecule has 1 aliphatic heterocycles. The Hall–Kier alpha value is -3.96. The fourth-order valence-corrected chi connectivity index (χ4v) is 5.50. The summed E-state index contributed by atoms with van der Waals surface area (Å²) in [5.74, 6) is 0.771. The molecule has 0 bridgehead atoms. The number of anilines is 1. The van der Waals surface area contributed by atoms with Crippen LogP contribution in [0.5, 0.6) is 0 Å². The van der Waals surface area contributed by atoms with Crippen LogP contribution in [-0.2, 0) is 6.54 Å². The van der Waals surface area contributed by atoms with E-state index >= 15 is 0 Å². The minimum absolute atomic E-state index is 0.0927. The Bertz CT molecular complexity index is 1530. The molecule has 1 fully saturated rings. The van der Waals surface area contributed by atoms with Crippen LogP contribution in [0, 0.1) is 11.6 Å². The molecule has 0 unspecified atom stereocenters. The first-order valence-electron chi connectivity index (χ1n) is 13.1. The molecule has 11 heteroatoms. The standard InChI is InChI=1S/C28H31F2N9/c1-19-16-36(25(20-4-8-22(29)9-5-20)21-6-10-23(30)11-7-21)14-15-38(19)26-24-27(39-18-32-34-28(39)33-26)37(17-31-24)13-12-35(2)3/h4-11,17-19,25H,12-16H2,1-3H3/t19-/m0/s1. The molecule has 1 atom stereocenters. The molecule has 9 nitrogen and oxygen atoms in total. The Morgan fingerprint density at radius 2 is 1.62 bits per heavy atom. The van der Waals surface area contributed by atoms with Gasteiger partial charge in [0.1, 0.15) is 23.5 Å². The van der Waals surface area contributed by atoms with Crippen molar-refractivity contribution in [3.05, 3.63) is 83.9 Å². The molecule has 2 aromatic carbocycles. The highest BCUT2D eigenvalue weighted by molar-refractivity contribution is 5.86. The van der Waals surface area contributed by atoms with Crippen LogP contribution in [0.3, 0.4) is 0 Å². The molecule has 1 aliphatic rings. The lowest BCUT2D eigenvalue weighted by Crippen LogP contribution is -2.53. The van der Waals surface area contributed by atoms with Gasteiger partial charge in [-0.1, -0.05) is 24.3 Å². The molecule has 0 spiro atoms. The largest absolute Gasteiger partial charge is 0.349 e. The van der Waals surface area contributed by atoms with Gasteiger partial charge in [-0.25, -0.2) is 18.2 Å². The van der Waals surface area contributed by atoms with Crippen LogP contribution in [0.15, 0.2) is 61.2 Å². The second kappa shape index (κ2) is 10.3. The predicted octanol–water partition coefficient (Wildman–Crippen LogP) is 3.61. The second-order valence-corrected chi connectivity index (χ2v) is 10.4. The van der Waals surface area contributed by atoms with E-state index in [2.05, 4.69) is 36.4 Å². The van der Waals surface area contributed by atoms with Gasteiger partial charge in [0.2, 0.25) is 0 Å². The zero-order valence-electron chi connectivity index (χ0n) is 22.2. The highest BCUT2D eigenvalue weighted by Crippen LogP contribution is 2.34. The number of benzene rings is 2. The van der Waals surface area contributed by atoms with Crippen LogP contribution in [-0.4, -0.2) is 85.2 Å². The summed E-state index contributed by atoms with van der Waals surface area (Å²) in [7, 11) is 4.10. The lowest BCUT2D eigenvalue weighted by atomic mass is 9.95. The molecular formula is C28H31F2N9. The van der Waals surface area contributed by atoms with Crippen molar-refractivity contribution in [3.63, 3.8) is 0 Å². The van der Waals surface area contributed by atoms with Crippen molar-refractivity contribution < 1.29 is 8.78 Å². The van der Waals surface area contributed by atoms with E-state index in [0.717, 1.165) is 54.3 Å². The van der Waals surface area contributed by atoms with E-state index in [1.807, 2.05) is 49.1 Å². The summed E-state index contributed by atoms with van der Waals surface area (Å²) < 4.78 is 31.5. The molecule has 0 radical (unpaired) electrons. The average molecular weight is 532 g/mol. The van der Waals surface area contributed by atoms with Gasteiger partial charge in [0.15, 0.2) is 11.5 Å². The lowest BCUT2D eigenvalue weighted by molar-refractivity contribution is 0.187. The summed E-state index contributed by atoms with van der Waals surface area (Å²) >= 11 is 0. The highest BCUT2D eigenvalue weighted by atomic mass is 19.1. The van der Waals surface area contributed by atoms with Gasteiger partial charge in [-0.05, 0) is 56.4 Å². The van der Waals surface area contributed by atoms with Crippen molar-refractivity contribution in [2.24, 2.45) is 0 Å². The first kappa shape index (κ1) is 25.3.